The predicted octanol–water partition coefficient (Wildman–Crippen LogP) is 3.65. The van der Waals surface area contributed by atoms with Crippen LogP contribution in [0.4, 0.5) is 5.69 Å². The molecule has 2 atom stereocenters. The second-order valence-corrected chi connectivity index (χ2v) is 5.70. The van der Waals surface area contributed by atoms with Crippen molar-refractivity contribution in [2.45, 2.75) is 44.9 Å². The Kier molecular flexibility index (Phi) is 4.46. The fraction of sp³-hybridized carbons (Fsp3) is 0.562. The van der Waals surface area contributed by atoms with Crippen LogP contribution < -0.4 is 5.73 Å². The van der Waals surface area contributed by atoms with Crippen molar-refractivity contribution in [3.05, 3.63) is 29.8 Å². The SMILES string of the molecule is CC(C1CCCCC1)C(C(=O)O)c1ccccc1N. The lowest BCUT2D eigenvalue weighted by Gasteiger charge is -2.32. The maximum Gasteiger partial charge on any atom is 0.311 e. The number of carboxylic acids is 1. The van der Waals surface area contributed by atoms with Gasteiger partial charge < -0.3 is 10.8 Å². The largest absolute Gasteiger partial charge is 0.481 e. The van der Waals surface area contributed by atoms with Crippen molar-refractivity contribution in [1.82, 2.24) is 0 Å². The molecule has 1 aromatic carbocycles. The number of anilines is 1. The Labute approximate surface area is 114 Å². The molecule has 3 nitrogen and oxygen atoms in total. The van der Waals surface area contributed by atoms with Crippen LogP contribution in [0.1, 0.15) is 50.5 Å². The highest BCUT2D eigenvalue weighted by atomic mass is 16.4. The van der Waals surface area contributed by atoms with E-state index in [1.165, 1.54) is 19.3 Å². The van der Waals surface area contributed by atoms with Crippen LogP contribution in [-0.4, -0.2) is 11.1 Å². The van der Waals surface area contributed by atoms with Gasteiger partial charge in [0.05, 0.1) is 5.92 Å². The summed E-state index contributed by atoms with van der Waals surface area (Å²) in [5, 5.41) is 9.60. The number of hydrogen-bond acceptors (Lipinski definition) is 2. The van der Waals surface area contributed by atoms with Crippen molar-refractivity contribution in [1.29, 1.82) is 0 Å². The van der Waals surface area contributed by atoms with E-state index in [0.717, 1.165) is 18.4 Å². The van der Waals surface area contributed by atoms with Crippen molar-refractivity contribution in [2.75, 3.05) is 5.73 Å². The van der Waals surface area contributed by atoms with Crippen LogP contribution in [-0.2, 0) is 4.79 Å². The number of nitrogen functional groups attached to an aromatic ring is 1. The lowest BCUT2D eigenvalue weighted by atomic mass is 9.72. The van der Waals surface area contributed by atoms with Crippen LogP contribution in [0, 0.1) is 11.8 Å². The Balaban J connectivity index is 2.25. The molecule has 1 aromatic rings. The Hall–Kier alpha value is -1.51. The van der Waals surface area contributed by atoms with Gasteiger partial charge in [0.2, 0.25) is 0 Å². The number of nitrogens with two attached hydrogens (primary N) is 1. The first-order valence-electron chi connectivity index (χ1n) is 7.18. The van der Waals surface area contributed by atoms with E-state index in [9.17, 15) is 9.90 Å². The van der Waals surface area contributed by atoms with Gasteiger partial charge in [0.1, 0.15) is 0 Å². The molecule has 2 rings (SSSR count). The molecule has 1 aliphatic rings. The second-order valence-electron chi connectivity index (χ2n) is 5.70. The third kappa shape index (κ3) is 3.09. The molecule has 0 bridgehead atoms. The van der Waals surface area contributed by atoms with Crippen LogP contribution in [0.5, 0.6) is 0 Å². The second kappa shape index (κ2) is 6.09. The third-order valence-electron chi connectivity index (χ3n) is 4.52. The van der Waals surface area contributed by atoms with Gasteiger partial charge in [0.25, 0.3) is 0 Å². The topological polar surface area (TPSA) is 63.3 Å². The first-order chi connectivity index (χ1) is 9.11. The maximum atomic E-state index is 11.7. The van der Waals surface area contributed by atoms with Gasteiger partial charge in [-0.15, -0.1) is 0 Å². The first-order valence-corrected chi connectivity index (χ1v) is 7.18. The molecular weight excluding hydrogens is 238 g/mol. The molecule has 1 fully saturated rings. The maximum absolute atomic E-state index is 11.7. The molecule has 1 aliphatic carbocycles. The predicted molar refractivity (Wildman–Crippen MR) is 77.0 cm³/mol. The summed E-state index contributed by atoms with van der Waals surface area (Å²) >= 11 is 0. The summed E-state index contributed by atoms with van der Waals surface area (Å²) < 4.78 is 0. The quantitative estimate of drug-likeness (QED) is 0.813. The summed E-state index contributed by atoms with van der Waals surface area (Å²) in [6, 6.07) is 7.37. The molecule has 0 heterocycles. The van der Waals surface area contributed by atoms with Gasteiger partial charge in [-0.05, 0) is 23.5 Å². The van der Waals surface area contributed by atoms with Gasteiger partial charge in [-0.2, -0.15) is 0 Å². The molecule has 2 unspecified atom stereocenters. The molecule has 3 heteroatoms. The molecular formula is C16H23NO2. The zero-order valence-corrected chi connectivity index (χ0v) is 11.5. The van der Waals surface area contributed by atoms with Gasteiger partial charge >= 0.3 is 5.97 Å². The number of carbonyl (C=O) groups is 1. The van der Waals surface area contributed by atoms with Gasteiger partial charge in [0, 0.05) is 5.69 Å². The van der Waals surface area contributed by atoms with Crippen molar-refractivity contribution in [3.63, 3.8) is 0 Å². The van der Waals surface area contributed by atoms with Crippen LogP contribution in [0.25, 0.3) is 0 Å². The fourth-order valence-corrected chi connectivity index (χ4v) is 3.37. The summed E-state index contributed by atoms with van der Waals surface area (Å²) in [4.78, 5) is 11.7. The van der Waals surface area contributed by atoms with Gasteiger partial charge in [-0.3, -0.25) is 4.79 Å². The number of aliphatic carboxylic acids is 1. The minimum absolute atomic E-state index is 0.141. The zero-order valence-electron chi connectivity index (χ0n) is 11.5. The van der Waals surface area contributed by atoms with E-state index >= 15 is 0 Å². The molecule has 0 radical (unpaired) electrons. The van der Waals surface area contributed by atoms with E-state index in [1.807, 2.05) is 18.2 Å². The molecule has 3 N–H and O–H groups in total. The normalized spacial score (nSPS) is 19.8. The molecule has 0 amide bonds. The average molecular weight is 261 g/mol. The number of carboxylic acid groups (broad SMARTS) is 1. The Bertz CT molecular complexity index is 438. The highest BCUT2D eigenvalue weighted by Crippen LogP contribution is 2.39. The van der Waals surface area contributed by atoms with E-state index in [0.29, 0.717) is 11.6 Å². The van der Waals surface area contributed by atoms with Crippen LogP contribution in [0.15, 0.2) is 24.3 Å². The van der Waals surface area contributed by atoms with Crippen molar-refractivity contribution in [3.8, 4) is 0 Å². The van der Waals surface area contributed by atoms with E-state index < -0.39 is 11.9 Å². The number of para-hydroxylation sites is 1. The summed E-state index contributed by atoms with van der Waals surface area (Å²) in [6.45, 7) is 2.07. The molecule has 0 saturated heterocycles. The minimum atomic E-state index is -0.754. The lowest BCUT2D eigenvalue weighted by molar-refractivity contribution is -0.140. The Morgan fingerprint density at radius 2 is 1.89 bits per heavy atom. The van der Waals surface area contributed by atoms with Crippen LogP contribution in [0.2, 0.25) is 0 Å². The third-order valence-corrected chi connectivity index (χ3v) is 4.52. The molecule has 0 spiro atoms. The smallest absolute Gasteiger partial charge is 0.311 e. The molecule has 0 aromatic heterocycles. The van der Waals surface area contributed by atoms with E-state index in [2.05, 4.69) is 6.92 Å². The summed E-state index contributed by atoms with van der Waals surface area (Å²) in [5.74, 6) is -0.586. The standard InChI is InChI=1S/C16H23NO2/c1-11(12-7-3-2-4-8-12)15(16(18)19)13-9-5-6-10-14(13)17/h5-6,9-12,15H,2-4,7-8,17H2,1H3,(H,18,19). The van der Waals surface area contributed by atoms with Gasteiger partial charge in [-0.1, -0.05) is 57.2 Å². The van der Waals surface area contributed by atoms with E-state index in [4.69, 9.17) is 5.73 Å². The lowest BCUT2D eigenvalue weighted by Crippen LogP contribution is -2.27. The van der Waals surface area contributed by atoms with E-state index in [1.54, 1.807) is 6.07 Å². The number of rotatable bonds is 4. The van der Waals surface area contributed by atoms with Gasteiger partial charge in [-0.25, -0.2) is 0 Å². The average Bonchev–Trinajstić information content (AvgIpc) is 2.42. The van der Waals surface area contributed by atoms with Crippen LogP contribution in [0.3, 0.4) is 0 Å². The number of benzene rings is 1. The van der Waals surface area contributed by atoms with Crippen LogP contribution >= 0.6 is 0 Å². The Morgan fingerprint density at radius 1 is 1.26 bits per heavy atom. The number of hydrogen-bond donors (Lipinski definition) is 2. The summed E-state index contributed by atoms with van der Waals surface area (Å²) in [6.07, 6.45) is 6.04. The monoisotopic (exact) mass is 261 g/mol. The zero-order chi connectivity index (χ0) is 13.8. The van der Waals surface area contributed by atoms with Crippen molar-refractivity contribution >= 4 is 11.7 Å². The fourth-order valence-electron chi connectivity index (χ4n) is 3.37. The summed E-state index contributed by atoms with van der Waals surface area (Å²) in [7, 11) is 0. The Morgan fingerprint density at radius 3 is 2.47 bits per heavy atom. The summed E-state index contributed by atoms with van der Waals surface area (Å²) in [5.41, 5.74) is 7.33. The minimum Gasteiger partial charge on any atom is -0.481 e. The first kappa shape index (κ1) is 13.9. The van der Waals surface area contributed by atoms with E-state index in [-0.39, 0.29) is 5.92 Å². The molecule has 1 saturated carbocycles. The highest BCUT2D eigenvalue weighted by Gasteiger charge is 2.33. The molecule has 19 heavy (non-hydrogen) atoms. The van der Waals surface area contributed by atoms with Gasteiger partial charge in [0.15, 0.2) is 0 Å². The highest BCUT2D eigenvalue weighted by molar-refractivity contribution is 5.79. The molecule has 0 aliphatic heterocycles. The van der Waals surface area contributed by atoms with Crippen molar-refractivity contribution in [2.24, 2.45) is 11.8 Å². The van der Waals surface area contributed by atoms with Crippen molar-refractivity contribution < 1.29 is 9.90 Å². The molecule has 104 valence electrons.